The van der Waals surface area contributed by atoms with Crippen molar-refractivity contribution in [3.05, 3.63) is 47.9 Å². The number of hydrogen-bond acceptors (Lipinski definition) is 4. The van der Waals surface area contributed by atoms with Crippen molar-refractivity contribution in [2.45, 2.75) is 39.5 Å². The zero-order chi connectivity index (χ0) is 13.7. The Bertz CT molecular complexity index is 501. The third kappa shape index (κ3) is 4.75. The van der Waals surface area contributed by atoms with E-state index in [-0.39, 0.29) is 5.54 Å². The van der Waals surface area contributed by atoms with Crippen molar-refractivity contribution in [1.29, 1.82) is 0 Å². The molecule has 2 aromatic rings. The van der Waals surface area contributed by atoms with Crippen molar-refractivity contribution in [1.82, 2.24) is 10.5 Å². The minimum atomic E-state index is 0.108. The number of ether oxygens (including phenoxy) is 1. The average Bonchev–Trinajstić information content (AvgIpc) is 2.87. The lowest BCUT2D eigenvalue weighted by Gasteiger charge is -2.20. The Kier molecular flexibility index (Phi) is 4.22. The minimum Gasteiger partial charge on any atom is -0.486 e. The van der Waals surface area contributed by atoms with Crippen LogP contribution in [-0.2, 0) is 13.2 Å². The van der Waals surface area contributed by atoms with Gasteiger partial charge >= 0.3 is 0 Å². The Hall–Kier alpha value is -1.81. The van der Waals surface area contributed by atoms with E-state index in [9.17, 15) is 0 Å². The molecule has 102 valence electrons. The average molecular weight is 260 g/mol. The number of hydrogen-bond donors (Lipinski definition) is 1. The van der Waals surface area contributed by atoms with Gasteiger partial charge in [-0.2, -0.15) is 0 Å². The number of benzene rings is 1. The Morgan fingerprint density at radius 1 is 1.26 bits per heavy atom. The molecule has 19 heavy (non-hydrogen) atoms. The van der Waals surface area contributed by atoms with Crippen molar-refractivity contribution in [2.75, 3.05) is 0 Å². The molecule has 0 bridgehead atoms. The molecular weight excluding hydrogens is 240 g/mol. The second-order valence-corrected chi connectivity index (χ2v) is 5.52. The molecule has 0 atom stereocenters. The first-order valence-corrected chi connectivity index (χ1v) is 6.39. The topological polar surface area (TPSA) is 47.3 Å². The summed E-state index contributed by atoms with van der Waals surface area (Å²) >= 11 is 0. The van der Waals surface area contributed by atoms with Gasteiger partial charge in [0.25, 0.3) is 0 Å². The third-order valence-corrected chi connectivity index (χ3v) is 2.59. The molecule has 0 saturated heterocycles. The quantitative estimate of drug-likeness (QED) is 0.897. The van der Waals surface area contributed by atoms with E-state index >= 15 is 0 Å². The highest BCUT2D eigenvalue weighted by Crippen LogP contribution is 2.15. The first kappa shape index (κ1) is 13.6. The maximum Gasteiger partial charge on any atom is 0.174 e. The van der Waals surface area contributed by atoms with Gasteiger partial charge in [-0.3, -0.25) is 0 Å². The lowest BCUT2D eigenvalue weighted by molar-refractivity contribution is 0.249. The van der Waals surface area contributed by atoms with E-state index < -0.39 is 0 Å². The molecule has 0 aliphatic carbocycles. The van der Waals surface area contributed by atoms with Crippen molar-refractivity contribution < 1.29 is 9.26 Å². The molecule has 0 radical (unpaired) electrons. The Morgan fingerprint density at radius 2 is 2.11 bits per heavy atom. The van der Waals surface area contributed by atoms with Gasteiger partial charge in [0, 0.05) is 18.2 Å². The predicted molar refractivity (Wildman–Crippen MR) is 73.9 cm³/mol. The van der Waals surface area contributed by atoms with E-state index in [2.05, 4.69) is 37.3 Å². The predicted octanol–water partition coefficient (Wildman–Crippen LogP) is 3.14. The molecule has 0 aliphatic heterocycles. The number of nitrogens with one attached hydrogen (secondary N) is 1. The van der Waals surface area contributed by atoms with Crippen LogP contribution in [0.2, 0.25) is 0 Å². The Balaban J connectivity index is 1.91. The summed E-state index contributed by atoms with van der Waals surface area (Å²) in [5.74, 6) is 1.56. The van der Waals surface area contributed by atoms with Gasteiger partial charge in [0.2, 0.25) is 0 Å². The molecular formula is C15H20N2O2. The van der Waals surface area contributed by atoms with E-state index in [4.69, 9.17) is 9.26 Å². The van der Waals surface area contributed by atoms with E-state index in [0.717, 1.165) is 18.1 Å². The van der Waals surface area contributed by atoms with Crippen LogP contribution in [-0.4, -0.2) is 10.7 Å². The summed E-state index contributed by atoms with van der Waals surface area (Å²) in [5, 5.41) is 7.09. The van der Waals surface area contributed by atoms with Crippen molar-refractivity contribution in [3.63, 3.8) is 0 Å². The highest BCUT2D eigenvalue weighted by Gasteiger charge is 2.08. The van der Waals surface area contributed by atoms with Crippen LogP contribution in [0.25, 0.3) is 0 Å². The Labute approximate surface area is 113 Å². The lowest BCUT2D eigenvalue weighted by atomic mass is 10.1. The summed E-state index contributed by atoms with van der Waals surface area (Å²) in [5.41, 5.74) is 1.31. The van der Waals surface area contributed by atoms with E-state index in [1.54, 1.807) is 12.3 Å². The fraction of sp³-hybridized carbons (Fsp3) is 0.400. The number of aromatic nitrogens is 1. The zero-order valence-electron chi connectivity index (χ0n) is 11.6. The molecule has 0 saturated carbocycles. The largest absolute Gasteiger partial charge is 0.486 e. The van der Waals surface area contributed by atoms with E-state index in [0.29, 0.717) is 6.61 Å². The summed E-state index contributed by atoms with van der Waals surface area (Å²) in [4.78, 5) is 0. The van der Waals surface area contributed by atoms with Gasteiger partial charge in [0.05, 0.1) is 6.20 Å². The van der Waals surface area contributed by atoms with Crippen molar-refractivity contribution in [2.24, 2.45) is 0 Å². The smallest absolute Gasteiger partial charge is 0.174 e. The highest BCUT2D eigenvalue weighted by molar-refractivity contribution is 5.28. The van der Waals surface area contributed by atoms with Crippen molar-refractivity contribution in [3.8, 4) is 5.75 Å². The monoisotopic (exact) mass is 260 g/mol. The minimum absolute atomic E-state index is 0.108. The molecule has 1 aromatic heterocycles. The number of rotatable bonds is 5. The molecule has 1 N–H and O–H groups in total. The van der Waals surface area contributed by atoms with Crippen LogP contribution < -0.4 is 10.1 Å². The second kappa shape index (κ2) is 5.89. The van der Waals surface area contributed by atoms with Crippen LogP contribution in [0.5, 0.6) is 5.75 Å². The van der Waals surface area contributed by atoms with Gasteiger partial charge in [0.1, 0.15) is 12.4 Å². The Morgan fingerprint density at radius 3 is 2.79 bits per heavy atom. The fourth-order valence-electron chi connectivity index (χ4n) is 1.58. The maximum absolute atomic E-state index is 5.66. The molecule has 1 heterocycles. The normalized spacial score (nSPS) is 11.5. The molecule has 1 aromatic carbocycles. The van der Waals surface area contributed by atoms with Crippen LogP contribution in [0, 0.1) is 0 Å². The van der Waals surface area contributed by atoms with Crippen molar-refractivity contribution >= 4 is 0 Å². The maximum atomic E-state index is 5.66. The molecule has 0 aliphatic rings. The SMILES string of the molecule is CC(C)(C)NCc1cccc(OCc2ccno2)c1. The van der Waals surface area contributed by atoms with Gasteiger partial charge in [0.15, 0.2) is 5.76 Å². The van der Waals surface area contributed by atoms with Crippen LogP contribution in [0.1, 0.15) is 32.1 Å². The first-order valence-electron chi connectivity index (χ1n) is 6.39. The fourth-order valence-corrected chi connectivity index (χ4v) is 1.58. The standard InChI is InChI=1S/C15H20N2O2/c1-15(2,3)16-10-12-5-4-6-13(9-12)18-11-14-7-8-17-19-14/h4-9,16H,10-11H2,1-3H3. The van der Waals surface area contributed by atoms with Gasteiger partial charge in [-0.25, -0.2) is 0 Å². The molecule has 4 nitrogen and oxygen atoms in total. The van der Waals surface area contributed by atoms with Gasteiger partial charge in [-0.1, -0.05) is 17.3 Å². The highest BCUT2D eigenvalue weighted by atomic mass is 16.5. The lowest BCUT2D eigenvalue weighted by Crippen LogP contribution is -2.35. The zero-order valence-corrected chi connectivity index (χ0v) is 11.6. The van der Waals surface area contributed by atoms with Gasteiger partial charge < -0.3 is 14.6 Å². The summed E-state index contributed by atoms with van der Waals surface area (Å²) in [6, 6.07) is 9.85. The molecule has 0 unspecified atom stereocenters. The summed E-state index contributed by atoms with van der Waals surface area (Å²) in [6.07, 6.45) is 1.61. The molecule has 2 rings (SSSR count). The number of nitrogens with zero attached hydrogens (tertiary/aromatic N) is 1. The van der Waals surface area contributed by atoms with E-state index in [1.807, 2.05) is 18.2 Å². The van der Waals surface area contributed by atoms with Crippen LogP contribution in [0.3, 0.4) is 0 Å². The first-order chi connectivity index (χ1) is 9.03. The third-order valence-electron chi connectivity index (χ3n) is 2.59. The molecule has 4 heteroatoms. The van der Waals surface area contributed by atoms with E-state index in [1.165, 1.54) is 5.56 Å². The van der Waals surface area contributed by atoms with Crippen LogP contribution in [0.15, 0.2) is 41.1 Å². The van der Waals surface area contributed by atoms with Crippen LogP contribution >= 0.6 is 0 Å². The van der Waals surface area contributed by atoms with Crippen LogP contribution in [0.4, 0.5) is 0 Å². The summed E-state index contributed by atoms with van der Waals surface area (Å²) in [7, 11) is 0. The molecule has 0 spiro atoms. The molecule has 0 fully saturated rings. The summed E-state index contributed by atoms with van der Waals surface area (Å²) in [6.45, 7) is 7.67. The second-order valence-electron chi connectivity index (χ2n) is 5.52. The van der Waals surface area contributed by atoms with Gasteiger partial charge in [-0.15, -0.1) is 0 Å². The van der Waals surface area contributed by atoms with Gasteiger partial charge in [-0.05, 0) is 38.5 Å². The molecule has 0 amide bonds. The summed E-state index contributed by atoms with van der Waals surface area (Å²) < 4.78 is 10.7.